The normalized spacial score (nSPS) is 14.2. The van der Waals surface area contributed by atoms with Gasteiger partial charge in [0.05, 0.1) is 34.4 Å². The Labute approximate surface area is 315 Å². The fourth-order valence-electron chi connectivity index (χ4n) is 4.67. The number of carbonyl (C=O) groups excluding carboxylic acids is 2. The topological polar surface area (TPSA) is 99.1 Å². The summed E-state index contributed by atoms with van der Waals surface area (Å²) < 4.78 is 17.1. The van der Waals surface area contributed by atoms with Crippen molar-refractivity contribution in [2.75, 3.05) is 41.0 Å². The van der Waals surface area contributed by atoms with E-state index in [0.29, 0.717) is 19.3 Å². The first kappa shape index (κ1) is 48.0. The summed E-state index contributed by atoms with van der Waals surface area (Å²) in [5.74, 6) is -1.62. The van der Waals surface area contributed by atoms with Gasteiger partial charge in [0.25, 0.3) is 0 Å². The zero-order valence-corrected chi connectivity index (χ0v) is 32.7. The second-order valence-electron chi connectivity index (χ2n) is 13.2. The number of rotatable bonds is 31. The van der Waals surface area contributed by atoms with E-state index in [2.05, 4.69) is 62.5 Å². The first-order valence-corrected chi connectivity index (χ1v) is 19.0. The number of hydrogen-bond donors (Lipinski definition) is 1. The first-order chi connectivity index (χ1) is 25.1. The Morgan fingerprint density at radius 3 is 1.73 bits per heavy atom. The van der Waals surface area contributed by atoms with Crippen LogP contribution >= 0.6 is 0 Å². The van der Waals surface area contributed by atoms with Crippen LogP contribution in [0, 0.1) is 0 Å². The molecule has 0 heterocycles. The number of allylic oxidation sites excluding steroid dienone is 18. The van der Waals surface area contributed by atoms with E-state index in [9.17, 15) is 19.5 Å². The molecular formula is C44H68NO7+. The molecule has 2 atom stereocenters. The standard InChI is InChI=1S/C44H67NO7/c1-6-8-10-12-14-16-18-19-20-21-22-23-25-27-29-31-33-35-43(47)52-40(38-50-37-36-41(44(48)49)45(3,4)5)39-51-42(46)34-32-30-28-26-24-17-15-13-11-9-7-2/h8-12,14-23,25-26,28,40-41H,6-7,13,24,27,29-39H2,1-5H3/p+1/b10-8+,11-9+,14-12+,17-15+,18-16+,20-19+,22-21+,25-23+,28-26+. The minimum absolute atomic E-state index is 0.0183. The van der Waals surface area contributed by atoms with Gasteiger partial charge in [-0.1, -0.05) is 130 Å². The molecule has 0 aromatic rings. The number of quaternary nitrogens is 1. The molecule has 0 aliphatic rings. The van der Waals surface area contributed by atoms with Crippen LogP contribution in [0.3, 0.4) is 0 Å². The number of unbranched alkanes of at least 4 members (excludes halogenated alkanes) is 4. The smallest absolute Gasteiger partial charge is 0.362 e. The second kappa shape index (κ2) is 34.1. The highest BCUT2D eigenvalue weighted by Crippen LogP contribution is 2.11. The summed E-state index contributed by atoms with van der Waals surface area (Å²) in [6.07, 6.45) is 45.7. The molecule has 8 nitrogen and oxygen atoms in total. The van der Waals surface area contributed by atoms with Crippen molar-refractivity contribution in [2.24, 2.45) is 0 Å². The summed E-state index contributed by atoms with van der Waals surface area (Å²) in [4.78, 5) is 36.8. The van der Waals surface area contributed by atoms with Gasteiger partial charge >= 0.3 is 17.9 Å². The lowest BCUT2D eigenvalue weighted by Gasteiger charge is -2.31. The predicted octanol–water partition coefficient (Wildman–Crippen LogP) is 9.73. The molecule has 52 heavy (non-hydrogen) atoms. The van der Waals surface area contributed by atoms with Crippen LogP contribution in [0.5, 0.6) is 0 Å². The highest BCUT2D eigenvalue weighted by molar-refractivity contribution is 5.72. The van der Waals surface area contributed by atoms with Crippen molar-refractivity contribution in [1.82, 2.24) is 0 Å². The van der Waals surface area contributed by atoms with E-state index in [4.69, 9.17) is 14.2 Å². The lowest BCUT2D eigenvalue weighted by Crippen LogP contribution is -2.50. The molecule has 0 fully saturated rings. The maximum atomic E-state index is 12.6. The Morgan fingerprint density at radius 1 is 0.596 bits per heavy atom. The van der Waals surface area contributed by atoms with Crippen molar-refractivity contribution < 1.29 is 38.2 Å². The quantitative estimate of drug-likeness (QED) is 0.0250. The second-order valence-corrected chi connectivity index (χ2v) is 13.2. The number of carboxylic acid groups (broad SMARTS) is 1. The first-order valence-electron chi connectivity index (χ1n) is 19.0. The van der Waals surface area contributed by atoms with Crippen LogP contribution in [0.1, 0.15) is 97.3 Å². The number of esters is 2. The zero-order valence-electron chi connectivity index (χ0n) is 32.7. The van der Waals surface area contributed by atoms with Crippen LogP contribution in [0.4, 0.5) is 0 Å². The minimum atomic E-state index is -0.897. The van der Waals surface area contributed by atoms with Crippen molar-refractivity contribution >= 4 is 17.9 Å². The largest absolute Gasteiger partial charge is 0.477 e. The highest BCUT2D eigenvalue weighted by Gasteiger charge is 2.31. The summed E-state index contributed by atoms with van der Waals surface area (Å²) in [6, 6.07) is -0.636. The van der Waals surface area contributed by atoms with Gasteiger partial charge in [0.1, 0.15) is 6.61 Å². The molecule has 0 saturated heterocycles. The molecule has 8 heteroatoms. The molecule has 0 radical (unpaired) electrons. The van der Waals surface area contributed by atoms with E-state index < -0.39 is 18.1 Å². The Hall–Kier alpha value is -4.01. The van der Waals surface area contributed by atoms with Gasteiger partial charge in [-0.25, -0.2) is 4.79 Å². The molecule has 1 N–H and O–H groups in total. The Bertz CT molecular complexity index is 1210. The van der Waals surface area contributed by atoms with Gasteiger partial charge < -0.3 is 23.8 Å². The summed E-state index contributed by atoms with van der Waals surface area (Å²) in [5.41, 5.74) is 0. The molecule has 0 aliphatic carbocycles. The van der Waals surface area contributed by atoms with Crippen LogP contribution in [-0.4, -0.2) is 80.6 Å². The SMILES string of the molecule is CC/C=C/C=C/C=C/C=C/C=C/C=C/CCCCCC(=O)OC(COCCC(C(=O)O)[N+](C)(C)C)COC(=O)CCC/C=C/C/C=C/C/C=C/CC. The van der Waals surface area contributed by atoms with Crippen LogP contribution in [-0.2, 0) is 28.6 Å². The molecule has 0 aliphatic heterocycles. The Kier molecular flexibility index (Phi) is 31.5. The van der Waals surface area contributed by atoms with Gasteiger partial charge in [-0.3, -0.25) is 9.59 Å². The van der Waals surface area contributed by atoms with Crippen LogP contribution < -0.4 is 0 Å². The minimum Gasteiger partial charge on any atom is -0.477 e. The summed E-state index contributed by atoms with van der Waals surface area (Å²) in [5, 5.41) is 9.58. The van der Waals surface area contributed by atoms with Crippen molar-refractivity contribution in [3.8, 4) is 0 Å². The van der Waals surface area contributed by atoms with E-state index >= 15 is 0 Å². The third-order valence-corrected chi connectivity index (χ3v) is 7.58. The van der Waals surface area contributed by atoms with Gasteiger partial charge in [0.15, 0.2) is 12.1 Å². The number of likely N-dealkylation sites (N-methyl/N-ethyl adjacent to an activating group) is 1. The van der Waals surface area contributed by atoms with E-state index in [1.807, 2.05) is 81.9 Å². The van der Waals surface area contributed by atoms with Crippen LogP contribution in [0.25, 0.3) is 0 Å². The number of carboxylic acids is 1. The van der Waals surface area contributed by atoms with Gasteiger partial charge in [-0.05, 0) is 57.8 Å². The van der Waals surface area contributed by atoms with E-state index in [0.717, 1.165) is 51.4 Å². The Balaban J connectivity index is 4.63. The van der Waals surface area contributed by atoms with Crippen molar-refractivity contribution in [2.45, 2.75) is 109 Å². The third-order valence-electron chi connectivity index (χ3n) is 7.58. The summed E-state index contributed by atoms with van der Waals surface area (Å²) in [6.45, 7) is 4.32. The number of nitrogens with zero attached hydrogens (tertiary/aromatic N) is 1. The average Bonchev–Trinajstić information content (AvgIpc) is 3.09. The third kappa shape index (κ3) is 31.9. The maximum Gasteiger partial charge on any atom is 0.362 e. The lowest BCUT2D eigenvalue weighted by atomic mass is 10.1. The van der Waals surface area contributed by atoms with Crippen molar-refractivity contribution in [3.63, 3.8) is 0 Å². The average molecular weight is 723 g/mol. The number of aliphatic carboxylic acids is 1. The lowest BCUT2D eigenvalue weighted by molar-refractivity contribution is -0.887. The van der Waals surface area contributed by atoms with Gasteiger partial charge in [0, 0.05) is 19.3 Å². The number of ether oxygens (including phenoxy) is 3. The van der Waals surface area contributed by atoms with E-state index in [-0.39, 0.29) is 49.1 Å². The van der Waals surface area contributed by atoms with Gasteiger partial charge in [-0.2, -0.15) is 0 Å². The Morgan fingerprint density at radius 2 is 1.13 bits per heavy atom. The van der Waals surface area contributed by atoms with Crippen LogP contribution in [0.15, 0.2) is 109 Å². The summed E-state index contributed by atoms with van der Waals surface area (Å²) >= 11 is 0. The molecule has 0 aromatic heterocycles. The molecule has 0 aromatic carbocycles. The molecule has 0 bridgehead atoms. The molecule has 2 unspecified atom stereocenters. The van der Waals surface area contributed by atoms with E-state index in [1.165, 1.54) is 0 Å². The molecule has 0 spiro atoms. The zero-order chi connectivity index (χ0) is 38.5. The van der Waals surface area contributed by atoms with E-state index in [1.54, 1.807) is 0 Å². The molecular weight excluding hydrogens is 654 g/mol. The number of carbonyl (C=O) groups is 3. The van der Waals surface area contributed by atoms with Crippen molar-refractivity contribution in [3.05, 3.63) is 109 Å². The molecule has 0 amide bonds. The fourth-order valence-corrected chi connectivity index (χ4v) is 4.67. The number of hydrogen-bond acceptors (Lipinski definition) is 6. The van der Waals surface area contributed by atoms with Gasteiger partial charge in [0.2, 0.25) is 0 Å². The molecule has 0 rings (SSSR count). The van der Waals surface area contributed by atoms with Crippen molar-refractivity contribution in [1.29, 1.82) is 0 Å². The highest BCUT2D eigenvalue weighted by atomic mass is 16.6. The fraction of sp³-hybridized carbons (Fsp3) is 0.523. The molecule has 0 saturated carbocycles. The maximum absolute atomic E-state index is 12.6. The molecule has 290 valence electrons. The summed E-state index contributed by atoms with van der Waals surface area (Å²) in [7, 11) is 5.47. The van der Waals surface area contributed by atoms with Crippen LogP contribution in [0.2, 0.25) is 0 Å². The predicted molar refractivity (Wildman–Crippen MR) is 215 cm³/mol. The monoisotopic (exact) mass is 722 g/mol. The van der Waals surface area contributed by atoms with Gasteiger partial charge in [-0.15, -0.1) is 0 Å².